The molecule has 0 radical (unpaired) electrons. The number of fused-ring (bicyclic) bond motifs is 1. The third-order valence-electron chi connectivity index (χ3n) is 3.92. The van der Waals surface area contributed by atoms with E-state index in [2.05, 4.69) is 36.1 Å². The molecule has 0 amide bonds. The van der Waals surface area contributed by atoms with Gasteiger partial charge in [0.05, 0.1) is 16.8 Å². The van der Waals surface area contributed by atoms with Crippen LogP contribution < -0.4 is 4.90 Å². The molecule has 104 valence electrons. The van der Waals surface area contributed by atoms with Crippen molar-refractivity contribution in [3.63, 3.8) is 0 Å². The van der Waals surface area contributed by atoms with Gasteiger partial charge in [-0.25, -0.2) is 0 Å². The summed E-state index contributed by atoms with van der Waals surface area (Å²) in [5.41, 5.74) is 4.44. The molecule has 1 aliphatic rings. The van der Waals surface area contributed by atoms with Gasteiger partial charge in [-0.05, 0) is 49.6 Å². The minimum absolute atomic E-state index is 0.391. The first-order valence-electron chi connectivity index (χ1n) is 6.92. The predicted molar refractivity (Wildman–Crippen MR) is 83.8 cm³/mol. The Balaban J connectivity index is 2.05. The summed E-state index contributed by atoms with van der Waals surface area (Å²) in [6.07, 6.45) is 0.537. The normalized spacial score (nSPS) is 19.0. The Kier molecular flexibility index (Phi) is 3.45. The van der Waals surface area contributed by atoms with Gasteiger partial charge in [-0.3, -0.25) is 0 Å². The Labute approximate surface area is 124 Å². The summed E-state index contributed by atoms with van der Waals surface area (Å²) >= 11 is 6.43. The zero-order chi connectivity index (χ0) is 14.3. The van der Waals surface area contributed by atoms with E-state index >= 15 is 0 Å². The van der Waals surface area contributed by atoms with E-state index in [1.54, 1.807) is 6.92 Å². The summed E-state index contributed by atoms with van der Waals surface area (Å²) in [6, 6.07) is 14.6. The van der Waals surface area contributed by atoms with Gasteiger partial charge in [-0.2, -0.15) is 0 Å². The first kappa shape index (κ1) is 13.5. The van der Waals surface area contributed by atoms with Crippen LogP contribution in [0.25, 0.3) is 0 Å². The number of anilines is 2. The molecule has 0 bridgehead atoms. The van der Waals surface area contributed by atoms with Crippen molar-refractivity contribution in [2.45, 2.75) is 32.4 Å². The Hall–Kier alpha value is -1.51. The van der Waals surface area contributed by atoms with Crippen molar-refractivity contribution < 1.29 is 5.11 Å². The van der Waals surface area contributed by atoms with Crippen LogP contribution in [-0.2, 0) is 6.42 Å². The van der Waals surface area contributed by atoms with Crippen LogP contribution in [0.1, 0.15) is 31.1 Å². The topological polar surface area (TPSA) is 23.5 Å². The summed E-state index contributed by atoms with van der Waals surface area (Å²) in [5, 5.41) is 10.3. The highest BCUT2D eigenvalue weighted by Crippen LogP contribution is 2.41. The molecule has 0 aliphatic carbocycles. The molecule has 0 fully saturated rings. The second-order valence-corrected chi connectivity index (χ2v) is 5.85. The molecule has 1 N–H and O–H groups in total. The second kappa shape index (κ2) is 5.12. The Bertz CT molecular complexity index is 639. The first-order valence-corrected chi connectivity index (χ1v) is 7.30. The molecule has 2 nitrogen and oxygen atoms in total. The molecule has 0 saturated carbocycles. The van der Waals surface area contributed by atoms with Crippen molar-refractivity contribution in [3.05, 3.63) is 58.6 Å². The lowest BCUT2D eigenvalue weighted by Crippen LogP contribution is -2.24. The van der Waals surface area contributed by atoms with Gasteiger partial charge in [0, 0.05) is 11.7 Å². The third-order valence-corrected chi connectivity index (χ3v) is 4.22. The van der Waals surface area contributed by atoms with Crippen LogP contribution in [0, 0.1) is 0 Å². The predicted octanol–water partition coefficient (Wildman–Crippen LogP) is 4.48. The Morgan fingerprint density at radius 1 is 1.20 bits per heavy atom. The molecule has 0 spiro atoms. The van der Waals surface area contributed by atoms with Crippen molar-refractivity contribution >= 4 is 23.0 Å². The molecule has 0 aromatic heterocycles. The molecule has 20 heavy (non-hydrogen) atoms. The number of halogens is 1. The summed E-state index contributed by atoms with van der Waals surface area (Å²) in [4.78, 5) is 2.28. The van der Waals surface area contributed by atoms with E-state index < -0.39 is 6.10 Å². The molecule has 2 aromatic rings. The molecule has 1 unspecified atom stereocenters. The maximum atomic E-state index is 9.64. The first-order chi connectivity index (χ1) is 9.58. The van der Waals surface area contributed by atoms with Crippen LogP contribution in [0.3, 0.4) is 0 Å². The molecular formula is C17H18ClNO. The molecule has 0 saturated heterocycles. The summed E-state index contributed by atoms with van der Waals surface area (Å²) in [6.45, 7) is 3.96. The van der Waals surface area contributed by atoms with Gasteiger partial charge in [-0.1, -0.05) is 35.9 Å². The highest BCUT2D eigenvalue weighted by atomic mass is 35.5. The van der Waals surface area contributed by atoms with Crippen LogP contribution in [0.5, 0.6) is 0 Å². The molecular weight excluding hydrogens is 270 g/mol. The fraction of sp³-hybridized carbons (Fsp3) is 0.294. The van der Waals surface area contributed by atoms with Crippen LogP contribution >= 0.6 is 11.6 Å². The largest absolute Gasteiger partial charge is 0.389 e. The van der Waals surface area contributed by atoms with E-state index in [0.29, 0.717) is 11.1 Å². The number of hydrogen-bond donors (Lipinski definition) is 1. The number of aliphatic hydroxyl groups excluding tert-OH is 1. The Morgan fingerprint density at radius 2 is 1.95 bits per heavy atom. The highest BCUT2D eigenvalue weighted by Gasteiger charge is 2.28. The molecule has 3 rings (SSSR count). The smallest absolute Gasteiger partial charge is 0.0762 e. The SMILES string of the molecule is CC1Cc2ccccc2N1c1ccc([C@H](C)O)cc1Cl. The molecule has 1 heterocycles. The minimum Gasteiger partial charge on any atom is -0.389 e. The number of aliphatic hydroxyl groups is 1. The van der Waals surface area contributed by atoms with E-state index in [0.717, 1.165) is 17.7 Å². The minimum atomic E-state index is -0.496. The van der Waals surface area contributed by atoms with Gasteiger partial charge >= 0.3 is 0 Å². The van der Waals surface area contributed by atoms with E-state index in [4.69, 9.17) is 11.6 Å². The van der Waals surface area contributed by atoms with Crippen molar-refractivity contribution in [2.24, 2.45) is 0 Å². The van der Waals surface area contributed by atoms with E-state index in [1.165, 1.54) is 11.3 Å². The van der Waals surface area contributed by atoms with Crippen molar-refractivity contribution in [3.8, 4) is 0 Å². The maximum absolute atomic E-state index is 9.64. The fourth-order valence-corrected chi connectivity index (χ4v) is 3.19. The monoisotopic (exact) mass is 287 g/mol. The number of benzene rings is 2. The quantitative estimate of drug-likeness (QED) is 0.880. The van der Waals surface area contributed by atoms with Gasteiger partial charge in [0.15, 0.2) is 0 Å². The highest BCUT2D eigenvalue weighted by molar-refractivity contribution is 6.33. The molecule has 2 aromatic carbocycles. The van der Waals surface area contributed by atoms with Gasteiger partial charge in [0.2, 0.25) is 0 Å². The number of rotatable bonds is 2. The molecule has 2 atom stereocenters. The summed E-state index contributed by atoms with van der Waals surface area (Å²) in [7, 11) is 0. The lowest BCUT2D eigenvalue weighted by atomic mass is 10.1. The number of para-hydroxylation sites is 1. The van der Waals surface area contributed by atoms with E-state index in [-0.39, 0.29) is 0 Å². The van der Waals surface area contributed by atoms with Gasteiger partial charge in [-0.15, -0.1) is 0 Å². The lowest BCUT2D eigenvalue weighted by Gasteiger charge is -2.26. The van der Waals surface area contributed by atoms with Crippen LogP contribution in [0.4, 0.5) is 11.4 Å². The van der Waals surface area contributed by atoms with Crippen LogP contribution in [0.15, 0.2) is 42.5 Å². The average Bonchev–Trinajstić information content (AvgIpc) is 2.74. The maximum Gasteiger partial charge on any atom is 0.0762 e. The molecule has 1 aliphatic heterocycles. The zero-order valence-corrected chi connectivity index (χ0v) is 12.4. The third kappa shape index (κ3) is 2.19. The fourth-order valence-electron chi connectivity index (χ4n) is 2.91. The molecule has 3 heteroatoms. The average molecular weight is 288 g/mol. The lowest BCUT2D eigenvalue weighted by molar-refractivity contribution is 0.199. The van der Waals surface area contributed by atoms with Crippen LogP contribution in [-0.4, -0.2) is 11.1 Å². The second-order valence-electron chi connectivity index (χ2n) is 5.44. The Morgan fingerprint density at radius 3 is 2.65 bits per heavy atom. The van der Waals surface area contributed by atoms with Gasteiger partial charge in [0.25, 0.3) is 0 Å². The summed E-state index contributed by atoms with van der Waals surface area (Å²) in [5.74, 6) is 0. The van der Waals surface area contributed by atoms with Crippen LogP contribution in [0.2, 0.25) is 5.02 Å². The number of hydrogen-bond acceptors (Lipinski definition) is 2. The van der Waals surface area contributed by atoms with E-state index in [9.17, 15) is 5.11 Å². The zero-order valence-electron chi connectivity index (χ0n) is 11.7. The van der Waals surface area contributed by atoms with Gasteiger partial charge < -0.3 is 10.0 Å². The number of nitrogens with zero attached hydrogens (tertiary/aromatic N) is 1. The standard InChI is InChI=1S/C17H18ClNO/c1-11-9-14-5-3-4-6-16(14)19(11)17-8-7-13(12(2)20)10-15(17)18/h3-8,10-12,20H,9H2,1-2H3/t11?,12-/m0/s1. The van der Waals surface area contributed by atoms with Crippen molar-refractivity contribution in [2.75, 3.05) is 4.90 Å². The van der Waals surface area contributed by atoms with Gasteiger partial charge in [0.1, 0.15) is 0 Å². The summed E-state index contributed by atoms with van der Waals surface area (Å²) < 4.78 is 0. The van der Waals surface area contributed by atoms with E-state index in [1.807, 2.05) is 18.2 Å². The van der Waals surface area contributed by atoms with Crippen molar-refractivity contribution in [1.82, 2.24) is 0 Å². The van der Waals surface area contributed by atoms with Crippen molar-refractivity contribution in [1.29, 1.82) is 0 Å².